The Balaban J connectivity index is 2.92. The third kappa shape index (κ3) is 0.689. The van der Waals surface area contributed by atoms with Crippen LogP contribution in [0.5, 0.6) is 0 Å². The molecule has 0 aliphatic heterocycles. The van der Waals surface area contributed by atoms with Crippen LogP contribution in [0.2, 0.25) is 0 Å². The Bertz CT molecular complexity index is 169. The molecule has 44 valence electrons. The quantitative estimate of drug-likeness (QED) is 0.595. The Labute approximate surface area is 48.5 Å². The monoisotopic (exact) mass is 111 g/mol. The van der Waals surface area contributed by atoms with Crippen LogP contribution < -0.4 is 5.32 Å². The lowest BCUT2D eigenvalue weighted by Crippen LogP contribution is -1.85. The second-order valence-electron chi connectivity index (χ2n) is 1.64. The fraction of sp³-hybridized carbons (Fsp3) is 0.333. The average Bonchev–Trinajstić information content (AvgIpc) is 2.14. The lowest BCUT2D eigenvalue weighted by Gasteiger charge is -1.91. The molecule has 8 heavy (non-hydrogen) atoms. The summed E-state index contributed by atoms with van der Waals surface area (Å²) in [4.78, 5) is 0. The summed E-state index contributed by atoms with van der Waals surface area (Å²) < 4.78 is 4.99. The van der Waals surface area contributed by atoms with E-state index in [4.69, 9.17) is 4.42 Å². The number of nitrogens with one attached hydrogen (secondary N) is 1. The highest BCUT2D eigenvalue weighted by molar-refractivity contribution is 5.44. The summed E-state index contributed by atoms with van der Waals surface area (Å²) in [5.74, 6) is 0.938. The van der Waals surface area contributed by atoms with Crippen molar-refractivity contribution in [2.45, 2.75) is 6.92 Å². The van der Waals surface area contributed by atoms with E-state index >= 15 is 0 Å². The van der Waals surface area contributed by atoms with E-state index in [9.17, 15) is 0 Å². The van der Waals surface area contributed by atoms with Gasteiger partial charge in [0.25, 0.3) is 0 Å². The van der Waals surface area contributed by atoms with Crippen molar-refractivity contribution < 1.29 is 4.42 Å². The molecule has 0 saturated carbocycles. The maximum atomic E-state index is 4.99. The van der Waals surface area contributed by atoms with Gasteiger partial charge in [0.2, 0.25) is 0 Å². The SMILES string of the molecule is CNc1ccoc1C. The van der Waals surface area contributed by atoms with Crippen molar-refractivity contribution in [3.63, 3.8) is 0 Å². The Kier molecular flexibility index (Phi) is 1.24. The standard InChI is InChI=1S/C6H9NO/c1-5-6(7-2)3-4-8-5/h3-4,7H,1-2H3. The molecule has 0 spiro atoms. The van der Waals surface area contributed by atoms with Gasteiger partial charge < -0.3 is 9.73 Å². The molecule has 0 unspecified atom stereocenters. The van der Waals surface area contributed by atoms with E-state index in [0.717, 1.165) is 11.4 Å². The van der Waals surface area contributed by atoms with Gasteiger partial charge in [-0.1, -0.05) is 0 Å². The van der Waals surface area contributed by atoms with Crippen molar-refractivity contribution in [2.24, 2.45) is 0 Å². The minimum absolute atomic E-state index is 0.938. The molecule has 0 aliphatic carbocycles. The van der Waals surface area contributed by atoms with Gasteiger partial charge in [0.1, 0.15) is 5.76 Å². The summed E-state index contributed by atoms with van der Waals surface area (Å²) in [5.41, 5.74) is 1.06. The van der Waals surface area contributed by atoms with E-state index in [1.165, 1.54) is 0 Å². The Morgan fingerprint density at radius 1 is 1.62 bits per heavy atom. The first kappa shape index (κ1) is 5.22. The lowest BCUT2D eigenvalue weighted by atomic mass is 10.4. The van der Waals surface area contributed by atoms with Crippen LogP contribution in [0.25, 0.3) is 0 Å². The summed E-state index contributed by atoms with van der Waals surface area (Å²) in [6, 6.07) is 1.90. The zero-order chi connectivity index (χ0) is 5.98. The fourth-order valence-electron chi connectivity index (χ4n) is 0.644. The molecule has 1 aromatic rings. The normalized spacial score (nSPS) is 9.25. The van der Waals surface area contributed by atoms with E-state index in [0.29, 0.717) is 0 Å². The van der Waals surface area contributed by atoms with Gasteiger partial charge in [-0.05, 0) is 13.0 Å². The first-order valence-corrected chi connectivity index (χ1v) is 2.56. The predicted molar refractivity (Wildman–Crippen MR) is 33.0 cm³/mol. The van der Waals surface area contributed by atoms with Crippen LogP contribution in [0.1, 0.15) is 5.76 Å². The first-order chi connectivity index (χ1) is 3.84. The second-order valence-corrected chi connectivity index (χ2v) is 1.64. The largest absolute Gasteiger partial charge is 0.467 e. The molecule has 0 amide bonds. The molecule has 0 saturated heterocycles. The molecule has 1 N–H and O–H groups in total. The molecular formula is C6H9NO. The highest BCUT2D eigenvalue weighted by Gasteiger charge is 1.93. The van der Waals surface area contributed by atoms with Crippen LogP contribution in [0.15, 0.2) is 16.7 Å². The summed E-state index contributed by atoms with van der Waals surface area (Å²) in [6.07, 6.45) is 1.67. The van der Waals surface area contributed by atoms with E-state index in [2.05, 4.69) is 5.32 Å². The van der Waals surface area contributed by atoms with Crippen molar-refractivity contribution in [2.75, 3.05) is 12.4 Å². The summed E-state index contributed by atoms with van der Waals surface area (Å²) >= 11 is 0. The molecule has 0 aliphatic rings. The van der Waals surface area contributed by atoms with Crippen molar-refractivity contribution >= 4 is 5.69 Å². The summed E-state index contributed by atoms with van der Waals surface area (Å²) in [5, 5.41) is 2.98. The molecular weight excluding hydrogens is 102 g/mol. The number of furan rings is 1. The van der Waals surface area contributed by atoms with Crippen LogP contribution in [0.4, 0.5) is 5.69 Å². The summed E-state index contributed by atoms with van der Waals surface area (Å²) in [7, 11) is 1.87. The van der Waals surface area contributed by atoms with Crippen LogP contribution in [0.3, 0.4) is 0 Å². The molecule has 0 atom stereocenters. The highest BCUT2D eigenvalue weighted by atomic mass is 16.3. The molecule has 1 rings (SSSR count). The zero-order valence-electron chi connectivity index (χ0n) is 5.06. The number of aryl methyl sites for hydroxylation is 1. The van der Waals surface area contributed by atoms with Crippen LogP contribution in [-0.2, 0) is 0 Å². The van der Waals surface area contributed by atoms with Crippen molar-refractivity contribution in [3.8, 4) is 0 Å². The maximum absolute atomic E-state index is 4.99. The van der Waals surface area contributed by atoms with Crippen molar-refractivity contribution in [1.29, 1.82) is 0 Å². The third-order valence-corrected chi connectivity index (χ3v) is 1.13. The smallest absolute Gasteiger partial charge is 0.123 e. The van der Waals surface area contributed by atoms with Gasteiger partial charge in [-0.2, -0.15) is 0 Å². The average molecular weight is 111 g/mol. The Morgan fingerprint density at radius 3 is 2.62 bits per heavy atom. The van der Waals surface area contributed by atoms with E-state index in [1.54, 1.807) is 6.26 Å². The molecule has 1 heterocycles. The predicted octanol–water partition coefficient (Wildman–Crippen LogP) is 1.63. The third-order valence-electron chi connectivity index (χ3n) is 1.13. The zero-order valence-corrected chi connectivity index (χ0v) is 5.06. The van der Waals surface area contributed by atoms with Gasteiger partial charge in [0, 0.05) is 7.05 Å². The second kappa shape index (κ2) is 1.90. The molecule has 2 nitrogen and oxygen atoms in total. The van der Waals surface area contributed by atoms with Crippen molar-refractivity contribution in [1.82, 2.24) is 0 Å². The Morgan fingerprint density at radius 2 is 2.38 bits per heavy atom. The minimum atomic E-state index is 0.938. The van der Waals surface area contributed by atoms with Gasteiger partial charge in [0.05, 0.1) is 12.0 Å². The lowest BCUT2D eigenvalue weighted by molar-refractivity contribution is 0.535. The van der Waals surface area contributed by atoms with Gasteiger partial charge in [-0.25, -0.2) is 0 Å². The first-order valence-electron chi connectivity index (χ1n) is 2.56. The van der Waals surface area contributed by atoms with Gasteiger partial charge in [-0.15, -0.1) is 0 Å². The van der Waals surface area contributed by atoms with Crippen LogP contribution in [-0.4, -0.2) is 7.05 Å². The molecule has 2 heteroatoms. The molecule has 0 fully saturated rings. The Hall–Kier alpha value is -0.920. The maximum Gasteiger partial charge on any atom is 0.123 e. The van der Waals surface area contributed by atoms with Gasteiger partial charge in [0.15, 0.2) is 0 Å². The number of hydrogen-bond donors (Lipinski definition) is 1. The highest BCUT2D eigenvalue weighted by Crippen LogP contribution is 2.12. The topological polar surface area (TPSA) is 25.2 Å². The van der Waals surface area contributed by atoms with E-state index in [-0.39, 0.29) is 0 Å². The number of rotatable bonds is 1. The van der Waals surface area contributed by atoms with E-state index in [1.807, 2.05) is 20.0 Å². The summed E-state index contributed by atoms with van der Waals surface area (Å²) in [6.45, 7) is 1.92. The van der Waals surface area contributed by atoms with Crippen LogP contribution >= 0.6 is 0 Å². The number of hydrogen-bond acceptors (Lipinski definition) is 2. The number of anilines is 1. The molecule has 0 aromatic carbocycles. The van der Waals surface area contributed by atoms with Crippen LogP contribution in [0, 0.1) is 6.92 Å². The van der Waals surface area contributed by atoms with Gasteiger partial charge in [-0.3, -0.25) is 0 Å². The van der Waals surface area contributed by atoms with Crippen molar-refractivity contribution in [3.05, 3.63) is 18.1 Å². The van der Waals surface area contributed by atoms with E-state index < -0.39 is 0 Å². The molecule has 1 aromatic heterocycles. The minimum Gasteiger partial charge on any atom is -0.467 e. The fourth-order valence-corrected chi connectivity index (χ4v) is 0.644. The molecule has 0 radical (unpaired) electrons. The van der Waals surface area contributed by atoms with Gasteiger partial charge >= 0.3 is 0 Å². The molecule has 0 bridgehead atoms.